The molecule has 1 heterocycles. The zero-order chi connectivity index (χ0) is 20.3. The third-order valence-electron chi connectivity index (χ3n) is 3.68. The van der Waals surface area contributed by atoms with E-state index in [9.17, 15) is 9.59 Å². The summed E-state index contributed by atoms with van der Waals surface area (Å²) in [5.41, 5.74) is 0.705. The minimum atomic E-state index is -1.42. The zero-order valence-electron chi connectivity index (χ0n) is 15.5. The fourth-order valence-corrected chi connectivity index (χ4v) is 4.34. The predicted octanol–water partition coefficient (Wildman–Crippen LogP) is 6.37. The number of halogens is 2. The molecule has 0 aliphatic carbocycles. The molecular formula is C19H21Cl2NO4S. The zero-order valence-corrected chi connectivity index (χ0v) is 17.8. The quantitative estimate of drug-likeness (QED) is 0.541. The summed E-state index contributed by atoms with van der Waals surface area (Å²) in [5.74, 6) is 0.0268. The molecule has 2 rings (SSSR count). The summed E-state index contributed by atoms with van der Waals surface area (Å²) in [6.45, 7) is 7.81. The van der Waals surface area contributed by atoms with Gasteiger partial charge in [-0.3, -0.25) is 4.79 Å². The first-order chi connectivity index (χ1) is 12.6. The Morgan fingerprint density at radius 1 is 1.19 bits per heavy atom. The largest absolute Gasteiger partial charge is 0.512 e. The van der Waals surface area contributed by atoms with Crippen molar-refractivity contribution in [3.63, 3.8) is 0 Å². The highest BCUT2D eigenvalue weighted by molar-refractivity contribution is 7.14. The standard InChI is InChI=1S/C19H21Cl2NO4S/c1-10(2)7-13-9-16(18(27-13)26-19(24)25)22(11(3)4)17(23)14-6-5-12(20)8-15(14)21/h5-6,8-11H,7H2,1-4H3,(H,24,25). The number of benzene rings is 1. The molecule has 0 bridgehead atoms. The lowest BCUT2D eigenvalue weighted by atomic mass is 10.1. The summed E-state index contributed by atoms with van der Waals surface area (Å²) >= 11 is 13.4. The first kappa shape index (κ1) is 21.5. The fraction of sp³-hybridized carbons (Fsp3) is 0.368. The first-order valence-electron chi connectivity index (χ1n) is 8.42. The average molecular weight is 430 g/mol. The van der Waals surface area contributed by atoms with Crippen molar-refractivity contribution in [1.82, 2.24) is 0 Å². The molecule has 0 unspecified atom stereocenters. The van der Waals surface area contributed by atoms with Crippen molar-refractivity contribution in [1.29, 1.82) is 0 Å². The van der Waals surface area contributed by atoms with Gasteiger partial charge >= 0.3 is 6.16 Å². The van der Waals surface area contributed by atoms with Crippen molar-refractivity contribution in [2.45, 2.75) is 40.2 Å². The maximum atomic E-state index is 13.2. The highest BCUT2D eigenvalue weighted by Gasteiger charge is 2.28. The van der Waals surface area contributed by atoms with Crippen LogP contribution in [0, 0.1) is 5.92 Å². The number of carbonyl (C=O) groups is 2. The number of amides is 1. The molecule has 1 aromatic heterocycles. The molecule has 5 nitrogen and oxygen atoms in total. The van der Waals surface area contributed by atoms with E-state index in [-0.39, 0.29) is 27.6 Å². The molecule has 27 heavy (non-hydrogen) atoms. The summed E-state index contributed by atoms with van der Waals surface area (Å²) in [6.07, 6.45) is -0.669. The number of hydrogen-bond donors (Lipinski definition) is 1. The topological polar surface area (TPSA) is 66.8 Å². The van der Waals surface area contributed by atoms with Crippen molar-refractivity contribution in [3.05, 3.63) is 44.8 Å². The molecular weight excluding hydrogens is 409 g/mol. The average Bonchev–Trinajstić information content (AvgIpc) is 2.87. The summed E-state index contributed by atoms with van der Waals surface area (Å²) in [5, 5.41) is 9.91. The summed E-state index contributed by atoms with van der Waals surface area (Å²) in [7, 11) is 0. The second-order valence-electron chi connectivity index (χ2n) is 6.74. The third-order valence-corrected chi connectivity index (χ3v) is 5.25. The van der Waals surface area contributed by atoms with Crippen LogP contribution in [-0.2, 0) is 6.42 Å². The van der Waals surface area contributed by atoms with Crippen LogP contribution in [0.25, 0.3) is 0 Å². The second kappa shape index (κ2) is 8.95. The molecule has 0 fully saturated rings. The van der Waals surface area contributed by atoms with Crippen LogP contribution in [-0.4, -0.2) is 23.2 Å². The summed E-state index contributed by atoms with van der Waals surface area (Å²) in [6, 6.07) is 6.21. The molecule has 1 amide bonds. The van der Waals surface area contributed by atoms with Gasteiger partial charge in [0, 0.05) is 15.9 Å². The Bertz CT molecular complexity index is 848. The third kappa shape index (κ3) is 5.37. The molecule has 146 valence electrons. The Morgan fingerprint density at radius 2 is 1.85 bits per heavy atom. The van der Waals surface area contributed by atoms with Crippen molar-refractivity contribution in [2.75, 3.05) is 4.90 Å². The Morgan fingerprint density at radius 3 is 2.37 bits per heavy atom. The lowest BCUT2D eigenvalue weighted by molar-refractivity contribution is 0.0978. The van der Waals surface area contributed by atoms with Gasteiger partial charge in [-0.15, -0.1) is 11.3 Å². The fourth-order valence-electron chi connectivity index (χ4n) is 2.65. The van der Waals surface area contributed by atoms with Gasteiger partial charge in [-0.25, -0.2) is 4.79 Å². The van der Waals surface area contributed by atoms with E-state index in [0.717, 1.165) is 11.3 Å². The van der Waals surface area contributed by atoms with Crippen molar-refractivity contribution in [3.8, 4) is 5.06 Å². The molecule has 0 spiro atoms. The van der Waals surface area contributed by atoms with Gasteiger partial charge in [-0.2, -0.15) is 0 Å². The van der Waals surface area contributed by atoms with Crippen molar-refractivity contribution >= 4 is 52.3 Å². The van der Waals surface area contributed by atoms with E-state index in [1.54, 1.807) is 12.1 Å². The van der Waals surface area contributed by atoms with Crippen LogP contribution in [0.1, 0.15) is 42.9 Å². The number of nitrogens with zero attached hydrogens (tertiary/aromatic N) is 1. The number of carbonyl (C=O) groups excluding carboxylic acids is 1. The van der Waals surface area contributed by atoms with Crippen LogP contribution >= 0.6 is 34.5 Å². The molecule has 1 aromatic carbocycles. The lowest BCUT2D eigenvalue weighted by Gasteiger charge is -2.27. The van der Waals surface area contributed by atoms with E-state index < -0.39 is 6.16 Å². The van der Waals surface area contributed by atoms with Gasteiger partial charge in [0.15, 0.2) is 0 Å². The number of thiophene rings is 1. The van der Waals surface area contributed by atoms with Crippen LogP contribution in [0.15, 0.2) is 24.3 Å². The Labute approximate surface area is 172 Å². The van der Waals surface area contributed by atoms with Crippen LogP contribution in [0.4, 0.5) is 10.5 Å². The van der Waals surface area contributed by atoms with Crippen LogP contribution in [0.2, 0.25) is 10.0 Å². The van der Waals surface area contributed by atoms with Gasteiger partial charge in [-0.1, -0.05) is 37.0 Å². The Balaban J connectivity index is 2.52. The minimum absolute atomic E-state index is 0.172. The van der Waals surface area contributed by atoms with Gasteiger partial charge in [0.1, 0.15) is 0 Å². The first-order valence-corrected chi connectivity index (χ1v) is 9.99. The van der Waals surface area contributed by atoms with E-state index in [1.165, 1.54) is 22.3 Å². The molecule has 1 N–H and O–H groups in total. The predicted molar refractivity (Wildman–Crippen MR) is 110 cm³/mol. The van der Waals surface area contributed by atoms with E-state index in [2.05, 4.69) is 13.8 Å². The monoisotopic (exact) mass is 429 g/mol. The van der Waals surface area contributed by atoms with Gasteiger partial charge in [-0.05, 0) is 50.5 Å². The number of carboxylic acid groups (broad SMARTS) is 1. The van der Waals surface area contributed by atoms with Crippen LogP contribution < -0.4 is 9.64 Å². The molecule has 0 saturated heterocycles. The highest BCUT2D eigenvalue weighted by Crippen LogP contribution is 2.41. The minimum Gasteiger partial charge on any atom is -0.449 e. The Hall–Kier alpha value is -1.76. The number of anilines is 1. The summed E-state index contributed by atoms with van der Waals surface area (Å²) < 4.78 is 4.96. The van der Waals surface area contributed by atoms with Crippen LogP contribution in [0.5, 0.6) is 5.06 Å². The maximum Gasteiger partial charge on any atom is 0.512 e. The molecule has 2 aromatic rings. The number of ether oxygens (including phenoxy) is 1. The second-order valence-corrected chi connectivity index (χ2v) is 8.69. The number of hydrogen-bond acceptors (Lipinski definition) is 4. The molecule has 0 saturated carbocycles. The van der Waals surface area contributed by atoms with Gasteiger partial charge in [0.2, 0.25) is 5.06 Å². The number of rotatable bonds is 6. The maximum absolute atomic E-state index is 13.2. The van der Waals surface area contributed by atoms with Gasteiger partial charge in [0.25, 0.3) is 5.91 Å². The molecule has 0 aliphatic heterocycles. The Kier molecular flexibility index (Phi) is 7.14. The van der Waals surface area contributed by atoms with Gasteiger partial charge < -0.3 is 14.7 Å². The summed E-state index contributed by atoms with van der Waals surface area (Å²) in [4.78, 5) is 26.7. The highest BCUT2D eigenvalue weighted by atomic mass is 35.5. The molecule has 0 atom stereocenters. The molecule has 0 aliphatic rings. The molecule has 0 radical (unpaired) electrons. The smallest absolute Gasteiger partial charge is 0.449 e. The lowest BCUT2D eigenvalue weighted by Crippen LogP contribution is -2.37. The SMILES string of the molecule is CC(C)Cc1cc(N(C(=O)c2ccc(Cl)cc2Cl)C(C)C)c(OC(=O)O)s1. The van der Waals surface area contributed by atoms with Crippen LogP contribution in [0.3, 0.4) is 0 Å². The van der Waals surface area contributed by atoms with Crippen molar-refractivity contribution in [2.24, 2.45) is 5.92 Å². The van der Waals surface area contributed by atoms with E-state index in [1.807, 2.05) is 19.9 Å². The van der Waals surface area contributed by atoms with E-state index in [0.29, 0.717) is 16.6 Å². The van der Waals surface area contributed by atoms with E-state index >= 15 is 0 Å². The van der Waals surface area contributed by atoms with Crippen molar-refractivity contribution < 1.29 is 19.4 Å². The normalized spacial score (nSPS) is 11.1. The molecule has 8 heteroatoms. The van der Waals surface area contributed by atoms with Gasteiger partial charge in [0.05, 0.1) is 16.3 Å². The van der Waals surface area contributed by atoms with E-state index in [4.69, 9.17) is 33.0 Å².